The molecule has 1 heterocycles. The summed E-state index contributed by atoms with van der Waals surface area (Å²) in [5.74, 6) is -0.212. The summed E-state index contributed by atoms with van der Waals surface area (Å²) >= 11 is 1.18. The van der Waals surface area contributed by atoms with Crippen LogP contribution in [-0.2, 0) is 10.0 Å². The van der Waals surface area contributed by atoms with Crippen LogP contribution in [0.2, 0.25) is 0 Å². The number of amides is 1. The van der Waals surface area contributed by atoms with Crippen LogP contribution in [0, 0.1) is 5.41 Å². The van der Waals surface area contributed by atoms with E-state index in [-0.39, 0.29) is 22.3 Å². The minimum atomic E-state index is -3.58. The van der Waals surface area contributed by atoms with Gasteiger partial charge < -0.3 is 4.90 Å². The minimum absolute atomic E-state index is 0.0998. The van der Waals surface area contributed by atoms with Crippen molar-refractivity contribution in [3.05, 3.63) is 16.3 Å². The average Bonchev–Trinajstić information content (AvgIpc) is 2.80. The lowest BCUT2D eigenvalue weighted by Gasteiger charge is -2.19. The first-order valence-corrected chi connectivity index (χ1v) is 8.68. The fraction of sp³-hybridized carbons (Fsp3) is 0.615. The van der Waals surface area contributed by atoms with Crippen molar-refractivity contribution in [1.29, 1.82) is 0 Å². The predicted molar refractivity (Wildman–Crippen MR) is 79.5 cm³/mol. The molecule has 0 aliphatic heterocycles. The fourth-order valence-corrected chi connectivity index (χ4v) is 4.53. The summed E-state index contributed by atoms with van der Waals surface area (Å²) in [6.45, 7) is 4.21. The van der Waals surface area contributed by atoms with Gasteiger partial charge in [0.25, 0.3) is 5.91 Å². The van der Waals surface area contributed by atoms with Crippen LogP contribution in [0.1, 0.15) is 29.9 Å². The molecule has 1 aromatic heterocycles. The number of hydrogen-bond acceptors (Lipinski definition) is 4. The van der Waals surface area contributed by atoms with Crippen LogP contribution in [0.25, 0.3) is 0 Å². The highest BCUT2D eigenvalue weighted by Gasteiger charge is 2.50. The van der Waals surface area contributed by atoms with Crippen molar-refractivity contribution in [1.82, 2.24) is 9.21 Å². The molecule has 1 amide bonds. The maximum absolute atomic E-state index is 12.5. The third-order valence-corrected chi connectivity index (χ3v) is 6.72. The Morgan fingerprint density at radius 2 is 1.90 bits per heavy atom. The van der Waals surface area contributed by atoms with E-state index in [1.165, 1.54) is 31.5 Å². The maximum Gasteiger partial charge on any atom is 0.265 e. The van der Waals surface area contributed by atoms with Crippen molar-refractivity contribution in [2.45, 2.75) is 31.2 Å². The second kappa shape index (κ2) is 4.82. The molecule has 0 saturated heterocycles. The van der Waals surface area contributed by atoms with Gasteiger partial charge >= 0.3 is 0 Å². The first-order chi connectivity index (χ1) is 9.09. The molecule has 2 rings (SSSR count). The largest absolute Gasteiger partial charge is 0.337 e. The van der Waals surface area contributed by atoms with Gasteiger partial charge in [-0.05, 0) is 23.3 Å². The predicted octanol–water partition coefficient (Wildman–Crippen LogP) is 1.87. The van der Waals surface area contributed by atoms with E-state index in [0.29, 0.717) is 4.88 Å². The molecule has 20 heavy (non-hydrogen) atoms. The van der Waals surface area contributed by atoms with Crippen LogP contribution in [0.3, 0.4) is 0 Å². The van der Waals surface area contributed by atoms with Gasteiger partial charge in [0, 0.05) is 27.2 Å². The average molecular weight is 316 g/mol. The summed E-state index contributed by atoms with van der Waals surface area (Å²) in [7, 11) is 1.10. The number of rotatable bonds is 4. The molecule has 112 valence electrons. The quantitative estimate of drug-likeness (QED) is 0.852. The van der Waals surface area contributed by atoms with Crippen LogP contribution in [0.4, 0.5) is 0 Å². The first kappa shape index (κ1) is 15.5. The van der Waals surface area contributed by atoms with Crippen molar-refractivity contribution in [2.75, 3.05) is 21.1 Å². The Balaban J connectivity index is 2.32. The lowest BCUT2D eigenvalue weighted by molar-refractivity contribution is 0.0770. The third kappa shape index (κ3) is 2.49. The first-order valence-electron chi connectivity index (χ1n) is 6.36. The topological polar surface area (TPSA) is 57.7 Å². The van der Waals surface area contributed by atoms with E-state index in [2.05, 4.69) is 13.8 Å². The Hall–Kier alpha value is -0.920. The van der Waals surface area contributed by atoms with Crippen molar-refractivity contribution in [3.63, 3.8) is 0 Å². The van der Waals surface area contributed by atoms with Crippen molar-refractivity contribution >= 4 is 27.3 Å². The zero-order chi connectivity index (χ0) is 15.3. The molecule has 0 spiro atoms. The van der Waals surface area contributed by atoms with Crippen LogP contribution < -0.4 is 0 Å². The summed E-state index contributed by atoms with van der Waals surface area (Å²) in [4.78, 5) is 14.6. The summed E-state index contributed by atoms with van der Waals surface area (Å²) in [5, 5.41) is 1.65. The van der Waals surface area contributed by atoms with Gasteiger partial charge in [-0.2, -0.15) is 0 Å². The second-order valence-corrected chi connectivity index (χ2v) is 9.06. The van der Waals surface area contributed by atoms with E-state index >= 15 is 0 Å². The van der Waals surface area contributed by atoms with Gasteiger partial charge in [-0.1, -0.05) is 13.8 Å². The molecule has 0 radical (unpaired) electrons. The molecular formula is C13H20N2O3S2. The van der Waals surface area contributed by atoms with E-state index in [1.807, 2.05) is 0 Å². The number of sulfonamides is 1. The molecule has 0 bridgehead atoms. The molecule has 1 aliphatic rings. The molecule has 1 saturated carbocycles. The SMILES string of the molecule is CN(C(=O)c1sccc1S(=O)(=O)N(C)C)C1CC1(C)C. The maximum atomic E-state index is 12.5. The second-order valence-electron chi connectivity index (χ2n) is 6.03. The van der Waals surface area contributed by atoms with Crippen molar-refractivity contribution < 1.29 is 13.2 Å². The van der Waals surface area contributed by atoms with Crippen LogP contribution in [0.15, 0.2) is 16.3 Å². The number of thiophene rings is 1. The Morgan fingerprint density at radius 3 is 2.35 bits per heavy atom. The lowest BCUT2D eigenvalue weighted by Crippen LogP contribution is -2.32. The normalized spacial score (nSPS) is 21.0. The molecule has 7 heteroatoms. The monoisotopic (exact) mass is 316 g/mol. The van der Waals surface area contributed by atoms with Crippen molar-refractivity contribution in [3.8, 4) is 0 Å². The zero-order valence-corrected chi connectivity index (χ0v) is 14.0. The van der Waals surface area contributed by atoms with Gasteiger partial charge in [-0.3, -0.25) is 4.79 Å². The number of carbonyl (C=O) groups is 1. The molecule has 1 aromatic rings. The van der Waals surface area contributed by atoms with E-state index < -0.39 is 10.0 Å². The Labute approximate surface area is 124 Å². The Kier molecular flexibility index (Phi) is 3.73. The summed E-state index contributed by atoms with van der Waals surface area (Å²) in [6, 6.07) is 1.69. The van der Waals surface area contributed by atoms with Gasteiger partial charge in [0.1, 0.15) is 9.77 Å². The summed E-state index contributed by atoms with van der Waals surface area (Å²) < 4.78 is 25.6. The van der Waals surface area contributed by atoms with Gasteiger partial charge in [-0.15, -0.1) is 11.3 Å². The summed E-state index contributed by atoms with van der Waals surface area (Å²) in [5.41, 5.74) is 0.127. The molecule has 1 fully saturated rings. The third-order valence-electron chi connectivity index (χ3n) is 3.83. The minimum Gasteiger partial charge on any atom is -0.337 e. The smallest absolute Gasteiger partial charge is 0.265 e. The highest BCUT2D eigenvalue weighted by Crippen LogP contribution is 2.48. The fourth-order valence-electron chi connectivity index (χ4n) is 2.26. The van der Waals surface area contributed by atoms with E-state index in [4.69, 9.17) is 0 Å². The lowest BCUT2D eigenvalue weighted by atomic mass is 10.2. The highest BCUT2D eigenvalue weighted by molar-refractivity contribution is 7.89. The zero-order valence-electron chi connectivity index (χ0n) is 12.4. The molecule has 0 aromatic carbocycles. The number of carbonyl (C=O) groups excluding carboxylic acids is 1. The Bertz CT molecular complexity index is 632. The van der Waals surface area contributed by atoms with Crippen LogP contribution in [0.5, 0.6) is 0 Å². The molecule has 1 aliphatic carbocycles. The molecule has 1 atom stereocenters. The molecule has 0 N–H and O–H groups in total. The molecule has 1 unspecified atom stereocenters. The van der Waals surface area contributed by atoms with Crippen molar-refractivity contribution in [2.24, 2.45) is 5.41 Å². The van der Waals surface area contributed by atoms with Gasteiger partial charge in [0.15, 0.2) is 0 Å². The van der Waals surface area contributed by atoms with E-state index in [1.54, 1.807) is 17.3 Å². The highest BCUT2D eigenvalue weighted by atomic mass is 32.2. The molecular weight excluding hydrogens is 296 g/mol. The van der Waals surface area contributed by atoms with E-state index in [0.717, 1.165) is 10.7 Å². The van der Waals surface area contributed by atoms with Crippen LogP contribution in [-0.4, -0.2) is 50.7 Å². The van der Waals surface area contributed by atoms with E-state index in [9.17, 15) is 13.2 Å². The number of hydrogen-bond donors (Lipinski definition) is 0. The van der Waals surface area contributed by atoms with Gasteiger partial charge in [-0.25, -0.2) is 12.7 Å². The van der Waals surface area contributed by atoms with Gasteiger partial charge in [0.2, 0.25) is 10.0 Å². The summed E-state index contributed by atoms with van der Waals surface area (Å²) in [6.07, 6.45) is 0.955. The molecule has 5 nitrogen and oxygen atoms in total. The van der Waals surface area contributed by atoms with Gasteiger partial charge in [0.05, 0.1) is 0 Å². The number of nitrogens with zero attached hydrogens (tertiary/aromatic N) is 2. The standard InChI is InChI=1S/C13H20N2O3S2/c1-13(2)8-10(13)15(5)12(16)11-9(6-7-19-11)20(17,18)14(3)4/h6-7,10H,8H2,1-5H3. The van der Waals surface area contributed by atoms with Crippen LogP contribution >= 0.6 is 11.3 Å². The Morgan fingerprint density at radius 1 is 1.35 bits per heavy atom.